The van der Waals surface area contributed by atoms with Crippen molar-refractivity contribution < 1.29 is 14.3 Å². The molecule has 1 aliphatic rings. The molecule has 28 heavy (non-hydrogen) atoms. The Bertz CT molecular complexity index is 706. The van der Waals surface area contributed by atoms with Gasteiger partial charge in [-0.3, -0.25) is 4.79 Å². The zero-order valence-electron chi connectivity index (χ0n) is 17.9. The van der Waals surface area contributed by atoms with Gasteiger partial charge in [0.15, 0.2) is 0 Å². The summed E-state index contributed by atoms with van der Waals surface area (Å²) in [7, 11) is 0. The molecule has 0 spiro atoms. The molecule has 158 valence electrons. The molecule has 2 rings (SSSR count). The van der Waals surface area contributed by atoms with E-state index < -0.39 is 5.60 Å². The average molecular weight is 430 g/mol. The lowest BCUT2D eigenvalue weighted by Gasteiger charge is -2.38. The first-order valence-corrected chi connectivity index (χ1v) is 10.9. The number of ether oxygens (including phenoxy) is 1. The predicted octanol–water partition coefficient (Wildman–Crippen LogP) is 4.78. The first kappa shape index (κ1) is 22.8. The lowest BCUT2D eigenvalue weighted by atomic mass is 10.1. The Morgan fingerprint density at radius 2 is 1.75 bits per heavy atom. The number of nitrogens with zero attached hydrogens (tertiary/aromatic N) is 3. The fourth-order valence-corrected chi connectivity index (χ4v) is 4.93. The number of amides is 2. The standard InChI is InChI=1S/C20H32ClN3O3S/c1-13(2)24(15(4)25)14(3)16-12-17(21)28-18(16)22-8-10-23(11-9-22)19(26)27-20(5,6)7/h12-14H,8-11H2,1-7H3. The van der Waals surface area contributed by atoms with E-state index >= 15 is 0 Å². The second kappa shape index (κ2) is 8.91. The Kier molecular flexibility index (Phi) is 7.26. The van der Waals surface area contributed by atoms with E-state index in [0.29, 0.717) is 30.5 Å². The molecule has 0 bridgehead atoms. The summed E-state index contributed by atoms with van der Waals surface area (Å²) >= 11 is 7.88. The van der Waals surface area contributed by atoms with Crippen molar-refractivity contribution in [3.8, 4) is 0 Å². The fourth-order valence-electron chi connectivity index (χ4n) is 3.56. The molecular formula is C20H32ClN3O3S. The van der Waals surface area contributed by atoms with Crippen LogP contribution in [-0.4, -0.2) is 59.6 Å². The molecule has 1 unspecified atom stereocenters. The van der Waals surface area contributed by atoms with Gasteiger partial charge in [0.1, 0.15) is 5.60 Å². The maximum atomic E-state index is 12.3. The second-order valence-corrected chi connectivity index (χ2v) is 10.1. The van der Waals surface area contributed by atoms with E-state index in [0.717, 1.165) is 10.6 Å². The molecule has 0 radical (unpaired) electrons. The topological polar surface area (TPSA) is 53.1 Å². The molecule has 1 aliphatic heterocycles. The Morgan fingerprint density at radius 3 is 2.21 bits per heavy atom. The Labute approximate surface area is 177 Å². The van der Waals surface area contributed by atoms with Gasteiger partial charge in [0, 0.05) is 44.7 Å². The predicted molar refractivity (Wildman–Crippen MR) is 115 cm³/mol. The fraction of sp³-hybridized carbons (Fsp3) is 0.700. The molecule has 1 aromatic heterocycles. The van der Waals surface area contributed by atoms with Crippen molar-refractivity contribution in [3.05, 3.63) is 16.0 Å². The Hall–Kier alpha value is -1.47. The highest BCUT2D eigenvalue weighted by Crippen LogP contribution is 2.41. The molecule has 2 heterocycles. The zero-order chi connectivity index (χ0) is 21.2. The molecule has 0 saturated carbocycles. The Balaban J connectivity index is 2.14. The van der Waals surface area contributed by atoms with E-state index in [9.17, 15) is 9.59 Å². The molecule has 0 aliphatic carbocycles. The van der Waals surface area contributed by atoms with Crippen LogP contribution < -0.4 is 4.90 Å². The molecule has 0 aromatic carbocycles. The molecule has 6 nitrogen and oxygen atoms in total. The zero-order valence-corrected chi connectivity index (χ0v) is 19.5. The quantitative estimate of drug-likeness (QED) is 0.691. The maximum Gasteiger partial charge on any atom is 0.410 e. The SMILES string of the molecule is CC(=O)N(C(C)C)C(C)c1cc(Cl)sc1N1CCN(C(=O)OC(C)(C)C)CC1. The van der Waals surface area contributed by atoms with Crippen molar-refractivity contribution in [2.24, 2.45) is 0 Å². The van der Waals surface area contributed by atoms with Gasteiger partial charge in [-0.25, -0.2) is 4.79 Å². The number of thiophene rings is 1. The van der Waals surface area contributed by atoms with Crippen molar-refractivity contribution in [3.63, 3.8) is 0 Å². The lowest BCUT2D eigenvalue weighted by molar-refractivity contribution is -0.132. The summed E-state index contributed by atoms with van der Waals surface area (Å²) in [6.07, 6.45) is -0.271. The number of hydrogen-bond acceptors (Lipinski definition) is 5. The number of carbonyl (C=O) groups is 2. The molecule has 0 N–H and O–H groups in total. The van der Waals surface area contributed by atoms with Gasteiger partial charge >= 0.3 is 6.09 Å². The van der Waals surface area contributed by atoms with Crippen LogP contribution in [0.4, 0.5) is 9.80 Å². The average Bonchev–Trinajstić information content (AvgIpc) is 2.94. The summed E-state index contributed by atoms with van der Waals surface area (Å²) in [5.74, 6) is 0.0468. The normalized spacial score (nSPS) is 16.3. The van der Waals surface area contributed by atoms with Crippen LogP contribution in [0.25, 0.3) is 0 Å². The van der Waals surface area contributed by atoms with E-state index in [1.54, 1.807) is 11.8 Å². The molecule has 2 amide bonds. The molecule has 1 atom stereocenters. The van der Waals surface area contributed by atoms with Crippen LogP contribution in [0.15, 0.2) is 6.07 Å². The van der Waals surface area contributed by atoms with E-state index in [2.05, 4.69) is 4.90 Å². The number of hydrogen-bond donors (Lipinski definition) is 0. The summed E-state index contributed by atoms with van der Waals surface area (Å²) < 4.78 is 6.18. The van der Waals surface area contributed by atoms with Crippen LogP contribution in [0.5, 0.6) is 0 Å². The highest BCUT2D eigenvalue weighted by atomic mass is 35.5. The van der Waals surface area contributed by atoms with Crippen LogP contribution >= 0.6 is 22.9 Å². The van der Waals surface area contributed by atoms with Crippen LogP contribution in [0, 0.1) is 0 Å². The van der Waals surface area contributed by atoms with Gasteiger partial charge in [-0.15, -0.1) is 11.3 Å². The highest BCUT2D eigenvalue weighted by Gasteiger charge is 2.30. The van der Waals surface area contributed by atoms with E-state index in [4.69, 9.17) is 16.3 Å². The third kappa shape index (κ3) is 5.54. The van der Waals surface area contributed by atoms with Gasteiger partial charge in [0.25, 0.3) is 0 Å². The highest BCUT2D eigenvalue weighted by molar-refractivity contribution is 7.20. The number of halogens is 1. The van der Waals surface area contributed by atoms with Gasteiger partial charge < -0.3 is 19.4 Å². The smallest absolute Gasteiger partial charge is 0.410 e. The molecule has 1 saturated heterocycles. The van der Waals surface area contributed by atoms with Gasteiger partial charge in [0.05, 0.1) is 15.4 Å². The minimum Gasteiger partial charge on any atom is -0.444 e. The van der Waals surface area contributed by atoms with Gasteiger partial charge in [-0.05, 0) is 47.6 Å². The number of anilines is 1. The third-order valence-corrected chi connectivity index (χ3v) is 6.06. The summed E-state index contributed by atoms with van der Waals surface area (Å²) in [4.78, 5) is 30.3. The minimum atomic E-state index is -0.495. The minimum absolute atomic E-state index is 0.0468. The lowest BCUT2D eigenvalue weighted by Crippen LogP contribution is -2.50. The molecule has 1 aromatic rings. The summed E-state index contributed by atoms with van der Waals surface area (Å²) in [5, 5.41) is 1.08. The first-order chi connectivity index (χ1) is 12.9. The van der Waals surface area contributed by atoms with E-state index in [-0.39, 0.29) is 24.1 Å². The number of piperazine rings is 1. The van der Waals surface area contributed by atoms with Crippen LogP contribution in [-0.2, 0) is 9.53 Å². The Morgan fingerprint density at radius 1 is 1.18 bits per heavy atom. The van der Waals surface area contributed by atoms with Gasteiger partial charge in [0.2, 0.25) is 5.91 Å². The van der Waals surface area contributed by atoms with E-state index in [1.807, 2.05) is 52.5 Å². The summed E-state index contributed by atoms with van der Waals surface area (Å²) in [6.45, 7) is 15.9. The second-order valence-electron chi connectivity index (χ2n) is 8.46. The van der Waals surface area contributed by atoms with Crippen LogP contribution in [0.2, 0.25) is 4.34 Å². The van der Waals surface area contributed by atoms with Gasteiger partial charge in [-0.2, -0.15) is 0 Å². The monoisotopic (exact) mass is 429 g/mol. The summed E-state index contributed by atoms with van der Waals surface area (Å²) in [5.41, 5.74) is 0.565. The molecule has 1 fully saturated rings. The van der Waals surface area contributed by atoms with Gasteiger partial charge in [-0.1, -0.05) is 11.6 Å². The maximum absolute atomic E-state index is 12.3. The van der Waals surface area contributed by atoms with Crippen molar-refractivity contribution in [2.75, 3.05) is 31.1 Å². The largest absolute Gasteiger partial charge is 0.444 e. The third-order valence-electron chi connectivity index (χ3n) is 4.72. The van der Waals surface area contributed by atoms with Crippen LogP contribution in [0.3, 0.4) is 0 Å². The van der Waals surface area contributed by atoms with Crippen LogP contribution in [0.1, 0.15) is 60.1 Å². The number of carbonyl (C=O) groups excluding carboxylic acids is 2. The number of rotatable bonds is 4. The van der Waals surface area contributed by atoms with Crippen molar-refractivity contribution in [1.82, 2.24) is 9.80 Å². The van der Waals surface area contributed by atoms with E-state index in [1.165, 1.54) is 11.3 Å². The van der Waals surface area contributed by atoms with Crippen molar-refractivity contribution in [2.45, 2.75) is 66.2 Å². The summed E-state index contributed by atoms with van der Waals surface area (Å²) in [6, 6.07) is 1.99. The van der Waals surface area contributed by atoms with Crippen molar-refractivity contribution >= 4 is 39.9 Å². The molecular weight excluding hydrogens is 398 g/mol. The first-order valence-electron chi connectivity index (χ1n) is 9.71. The van der Waals surface area contributed by atoms with Crippen molar-refractivity contribution in [1.29, 1.82) is 0 Å². The molecule has 8 heteroatoms.